The van der Waals surface area contributed by atoms with E-state index in [4.69, 9.17) is 77.4 Å². The fourth-order valence-corrected chi connectivity index (χ4v) is 7.51. The molecule has 2 saturated heterocycles. The second-order valence-corrected chi connectivity index (χ2v) is 11.9. The van der Waals surface area contributed by atoms with Crippen molar-refractivity contribution in [3.63, 3.8) is 0 Å². The van der Waals surface area contributed by atoms with E-state index in [1.54, 1.807) is 37.3 Å². The first-order valence-electron chi connectivity index (χ1n) is 18.5. The highest BCUT2D eigenvalue weighted by molar-refractivity contribution is 7.54. The molecule has 3 unspecified atom stereocenters. The zero-order valence-corrected chi connectivity index (χ0v) is 23.9. The molecule has 0 spiro atoms. The Bertz CT molecular complexity index is 1410. The van der Waals surface area contributed by atoms with Crippen molar-refractivity contribution in [3.05, 3.63) is 35.9 Å². The summed E-state index contributed by atoms with van der Waals surface area (Å²) in [5, 5.41) is 2.28. The highest BCUT2D eigenvalue weighted by Gasteiger charge is 2.43. The van der Waals surface area contributed by atoms with Crippen LogP contribution in [-0.4, -0.2) is 89.6 Å². The molecule has 0 amide bonds. The molecular formula is C22H38Cl4N4O4P2. The van der Waals surface area contributed by atoms with Crippen LogP contribution in [0.2, 0.25) is 0 Å². The number of rotatable bonds is 12. The average molecular weight is 642 g/mol. The van der Waals surface area contributed by atoms with Gasteiger partial charge in [-0.15, -0.1) is 46.4 Å². The normalized spacial score (nSPS) is 35.8. The number of hydrogen-bond donors (Lipinski definition) is 1. The van der Waals surface area contributed by atoms with E-state index in [-0.39, 0.29) is 35.6 Å². The number of halogens is 4. The maximum Gasteiger partial charge on any atom is 0.346 e. The van der Waals surface area contributed by atoms with Gasteiger partial charge in [0.15, 0.2) is 0 Å². The molecule has 0 aliphatic carbocycles. The van der Waals surface area contributed by atoms with Gasteiger partial charge in [0.05, 0.1) is 13.2 Å². The Morgan fingerprint density at radius 1 is 0.944 bits per heavy atom. The lowest BCUT2D eigenvalue weighted by Crippen LogP contribution is -2.40. The Kier molecular flexibility index (Phi) is 7.77. The van der Waals surface area contributed by atoms with E-state index < -0.39 is 70.7 Å². The summed E-state index contributed by atoms with van der Waals surface area (Å²) in [7, 11) is -9.20. The number of alkyl halides is 4. The Hall–Kier alpha value is 0.600. The Labute approximate surface area is 258 Å². The van der Waals surface area contributed by atoms with Crippen LogP contribution in [0.3, 0.4) is 0 Å². The molecule has 1 aromatic rings. The van der Waals surface area contributed by atoms with E-state index in [0.717, 1.165) is 0 Å². The Balaban J connectivity index is 0.000000378. The molecule has 0 aromatic heterocycles. The molecule has 0 radical (unpaired) electrons. The first kappa shape index (κ1) is 16.1. The summed E-state index contributed by atoms with van der Waals surface area (Å²) in [5.41, 5.74) is 0.673. The van der Waals surface area contributed by atoms with Crippen molar-refractivity contribution in [3.8, 4) is 0 Å². The highest BCUT2D eigenvalue weighted by atomic mass is 35.5. The first-order valence-corrected chi connectivity index (χ1v) is 15.1. The average Bonchev–Trinajstić information content (AvgIpc) is 2.95. The standard InChI is InChI=1S/C15H23Cl2N2O2P.C7H15Cl2N2O2P/c1-14(15-6-3-2-4-7-15)19-10-5-13-21-22(19,20)18(11-8-16)12-9-17;8-2-5-11(6-3-9)14(12)10-4-1-7-13-14/h2-4,6-7,14H,5,8-13H2,1H3;1-7H2,(H,10,12)/i8D2,9D2,11D2,12D2;2D2,3D2,5D2,6D2. The van der Waals surface area contributed by atoms with Crippen molar-refractivity contribution >= 4 is 61.7 Å². The lowest BCUT2D eigenvalue weighted by atomic mass is 10.1. The Morgan fingerprint density at radius 2 is 1.50 bits per heavy atom. The van der Waals surface area contributed by atoms with E-state index in [0.29, 0.717) is 18.4 Å². The van der Waals surface area contributed by atoms with Gasteiger partial charge < -0.3 is 9.05 Å². The molecule has 0 saturated carbocycles. The van der Waals surface area contributed by atoms with Crippen LogP contribution in [0.25, 0.3) is 0 Å². The molecular weight excluding hydrogens is 588 g/mol. The van der Waals surface area contributed by atoms with Gasteiger partial charge in [0.2, 0.25) is 0 Å². The van der Waals surface area contributed by atoms with Gasteiger partial charge in [-0.25, -0.2) is 19.1 Å². The van der Waals surface area contributed by atoms with Crippen LogP contribution in [0.5, 0.6) is 0 Å². The molecule has 2 heterocycles. The summed E-state index contributed by atoms with van der Waals surface area (Å²) < 4.78 is 162. The smallest absolute Gasteiger partial charge is 0.306 e. The quantitative estimate of drug-likeness (QED) is 0.212. The van der Waals surface area contributed by atoms with Crippen LogP contribution in [-0.2, 0) is 18.2 Å². The number of nitrogens with one attached hydrogen (secondary N) is 1. The van der Waals surface area contributed by atoms with E-state index in [1.165, 1.54) is 4.67 Å². The molecule has 3 rings (SSSR count). The summed E-state index contributed by atoms with van der Waals surface area (Å²) >= 11 is 21.9. The van der Waals surface area contributed by atoms with Gasteiger partial charge >= 0.3 is 15.3 Å². The minimum atomic E-state index is -4.72. The maximum atomic E-state index is 14.2. The summed E-state index contributed by atoms with van der Waals surface area (Å²) in [6.45, 7) is -12.1. The van der Waals surface area contributed by atoms with Gasteiger partial charge in [-0.2, -0.15) is 0 Å². The highest BCUT2D eigenvalue weighted by Crippen LogP contribution is 2.59. The lowest BCUT2D eigenvalue weighted by Gasteiger charge is -2.43. The third-order valence-electron chi connectivity index (χ3n) is 4.85. The van der Waals surface area contributed by atoms with Crippen LogP contribution in [0.15, 0.2) is 30.3 Å². The predicted octanol–water partition coefficient (Wildman–Crippen LogP) is 6.24. The zero-order chi connectivity index (χ0) is 40.8. The van der Waals surface area contributed by atoms with Gasteiger partial charge in [-0.05, 0) is 25.3 Å². The predicted molar refractivity (Wildman–Crippen MR) is 152 cm³/mol. The van der Waals surface area contributed by atoms with Crippen molar-refractivity contribution < 1.29 is 40.1 Å². The molecule has 2 aliphatic heterocycles. The lowest BCUT2D eigenvalue weighted by molar-refractivity contribution is 0.148. The second-order valence-electron chi connectivity index (χ2n) is 6.99. The van der Waals surface area contributed by atoms with Crippen LogP contribution in [0.1, 0.15) is 53.3 Å². The van der Waals surface area contributed by atoms with Gasteiger partial charge in [0.25, 0.3) is 0 Å². The zero-order valence-electron chi connectivity index (χ0n) is 35.1. The molecule has 14 heteroatoms. The van der Waals surface area contributed by atoms with E-state index >= 15 is 0 Å². The number of benzene rings is 1. The first-order chi connectivity index (χ1) is 23.1. The van der Waals surface area contributed by atoms with E-state index in [1.807, 2.05) is 0 Å². The van der Waals surface area contributed by atoms with Crippen LogP contribution < -0.4 is 5.09 Å². The molecule has 36 heavy (non-hydrogen) atoms. The van der Waals surface area contributed by atoms with Gasteiger partial charge in [0.1, 0.15) is 0 Å². The fraction of sp³-hybridized carbons (Fsp3) is 0.727. The summed E-state index contributed by atoms with van der Waals surface area (Å²) in [6, 6.07) is 8.07. The summed E-state index contributed by atoms with van der Waals surface area (Å²) in [6.07, 6.45) is 0.800. The van der Waals surface area contributed by atoms with Crippen molar-refractivity contribution in [2.45, 2.75) is 25.8 Å². The SMILES string of the molecule is [2H]C([2H])(Cl)C([2H])([2H])N(C([2H])([2H])C([2H])([2H])Cl)P1(=O)NCCCO1.[2H]C([2H])(Cl)C([2H])([2H])N(C([2H])([2H])C([2H])([2H])Cl)P1(=O)OCCCN1C(C)c1ccccc1. The van der Waals surface area contributed by atoms with Gasteiger partial charge in [0, 0.05) is 90.4 Å². The molecule has 8 nitrogen and oxygen atoms in total. The van der Waals surface area contributed by atoms with Gasteiger partial charge in [-0.1, -0.05) is 30.3 Å². The minimum Gasteiger partial charge on any atom is -0.306 e. The molecule has 0 bridgehead atoms. The molecule has 3 atom stereocenters. The minimum absolute atomic E-state index is 0.0799. The number of hydrogen-bond acceptors (Lipinski definition) is 4. The third kappa shape index (κ3) is 9.36. The van der Waals surface area contributed by atoms with Crippen LogP contribution in [0.4, 0.5) is 0 Å². The topological polar surface area (TPSA) is 74.4 Å². The van der Waals surface area contributed by atoms with Crippen LogP contribution in [0, 0.1) is 0 Å². The summed E-state index contributed by atoms with van der Waals surface area (Å²) in [5.74, 6) is -12.9. The number of nitrogens with zero attached hydrogens (tertiary/aromatic N) is 3. The largest absolute Gasteiger partial charge is 0.346 e. The van der Waals surface area contributed by atoms with Crippen LogP contribution >= 0.6 is 61.7 Å². The van der Waals surface area contributed by atoms with Crippen molar-refractivity contribution in [2.24, 2.45) is 0 Å². The monoisotopic (exact) mass is 640 g/mol. The molecule has 208 valence electrons. The Morgan fingerprint density at radius 3 is 2.03 bits per heavy atom. The van der Waals surface area contributed by atoms with Gasteiger partial charge in [-0.3, -0.25) is 9.13 Å². The fourth-order valence-electron chi connectivity index (χ4n) is 3.23. The maximum absolute atomic E-state index is 14.2. The molecule has 1 aromatic carbocycles. The van der Waals surface area contributed by atoms with E-state index in [9.17, 15) is 9.13 Å². The van der Waals surface area contributed by atoms with Crippen molar-refractivity contribution in [1.82, 2.24) is 19.1 Å². The molecule has 1 N–H and O–H groups in total. The molecule has 2 aliphatic rings. The summed E-state index contributed by atoms with van der Waals surface area (Å²) in [4.78, 5) is 0. The van der Waals surface area contributed by atoms with Crippen molar-refractivity contribution in [2.75, 3.05) is 75.6 Å². The van der Waals surface area contributed by atoms with E-state index in [2.05, 4.69) is 5.09 Å². The molecule has 2 fully saturated rings. The second kappa shape index (κ2) is 17.3. The third-order valence-corrected chi connectivity index (χ3v) is 9.49. The van der Waals surface area contributed by atoms with Crippen molar-refractivity contribution in [1.29, 1.82) is 0 Å².